The third-order valence-electron chi connectivity index (χ3n) is 4.19. The maximum absolute atomic E-state index is 12.4. The van der Waals surface area contributed by atoms with E-state index in [9.17, 15) is 4.79 Å². The van der Waals surface area contributed by atoms with Gasteiger partial charge in [-0.2, -0.15) is 0 Å². The Hall–Kier alpha value is -1.75. The SMILES string of the molecule is COc1ccc2c(c1)CC(C(=O)NC1CCCNC1)CO2. The van der Waals surface area contributed by atoms with Gasteiger partial charge in [0.2, 0.25) is 5.91 Å². The quantitative estimate of drug-likeness (QED) is 0.875. The van der Waals surface area contributed by atoms with Gasteiger partial charge in [0.1, 0.15) is 18.1 Å². The van der Waals surface area contributed by atoms with E-state index in [-0.39, 0.29) is 17.9 Å². The lowest BCUT2D eigenvalue weighted by atomic mass is 9.95. The summed E-state index contributed by atoms with van der Waals surface area (Å²) in [5.74, 6) is 1.64. The Labute approximate surface area is 125 Å². The molecule has 21 heavy (non-hydrogen) atoms. The molecule has 1 amide bonds. The van der Waals surface area contributed by atoms with Gasteiger partial charge >= 0.3 is 0 Å². The number of benzene rings is 1. The topological polar surface area (TPSA) is 59.6 Å². The summed E-state index contributed by atoms with van der Waals surface area (Å²) in [6.45, 7) is 2.36. The molecule has 5 nitrogen and oxygen atoms in total. The maximum atomic E-state index is 12.4. The standard InChI is InChI=1S/C16H22N2O3/c1-20-14-4-5-15-11(8-14)7-12(10-21-15)16(19)18-13-3-2-6-17-9-13/h4-5,8,12-13,17H,2-3,6-7,9-10H2,1H3,(H,18,19). The summed E-state index contributed by atoms with van der Waals surface area (Å²) < 4.78 is 10.9. The minimum absolute atomic E-state index is 0.0946. The molecule has 2 aliphatic rings. The molecule has 5 heteroatoms. The molecule has 0 aliphatic carbocycles. The van der Waals surface area contributed by atoms with Crippen molar-refractivity contribution in [2.24, 2.45) is 5.92 Å². The number of methoxy groups -OCH3 is 1. The molecule has 2 aliphatic heterocycles. The number of nitrogens with one attached hydrogen (secondary N) is 2. The number of ether oxygens (including phenoxy) is 2. The summed E-state index contributed by atoms with van der Waals surface area (Å²) in [6.07, 6.45) is 2.88. The highest BCUT2D eigenvalue weighted by atomic mass is 16.5. The average molecular weight is 290 g/mol. The fraction of sp³-hybridized carbons (Fsp3) is 0.562. The van der Waals surface area contributed by atoms with E-state index in [1.807, 2.05) is 18.2 Å². The van der Waals surface area contributed by atoms with E-state index in [0.717, 1.165) is 43.0 Å². The van der Waals surface area contributed by atoms with E-state index >= 15 is 0 Å². The van der Waals surface area contributed by atoms with Gasteiger partial charge in [-0.25, -0.2) is 0 Å². The number of piperidine rings is 1. The van der Waals surface area contributed by atoms with Crippen LogP contribution in [-0.2, 0) is 11.2 Å². The van der Waals surface area contributed by atoms with Crippen LogP contribution in [0.3, 0.4) is 0 Å². The minimum atomic E-state index is -0.119. The van der Waals surface area contributed by atoms with Crippen molar-refractivity contribution in [3.63, 3.8) is 0 Å². The van der Waals surface area contributed by atoms with Crippen molar-refractivity contribution in [3.05, 3.63) is 23.8 Å². The van der Waals surface area contributed by atoms with Gasteiger partial charge in [0, 0.05) is 12.6 Å². The third-order valence-corrected chi connectivity index (χ3v) is 4.19. The summed E-state index contributed by atoms with van der Waals surface area (Å²) in [6, 6.07) is 6.00. The zero-order valence-electron chi connectivity index (χ0n) is 12.4. The van der Waals surface area contributed by atoms with Crippen molar-refractivity contribution >= 4 is 5.91 Å². The molecule has 0 spiro atoms. The molecule has 1 aromatic carbocycles. The first-order valence-corrected chi connectivity index (χ1v) is 7.57. The van der Waals surface area contributed by atoms with Gasteiger partial charge in [-0.1, -0.05) is 0 Å². The fourth-order valence-electron chi connectivity index (χ4n) is 2.96. The summed E-state index contributed by atoms with van der Waals surface area (Å²) >= 11 is 0. The van der Waals surface area contributed by atoms with Crippen molar-refractivity contribution in [3.8, 4) is 11.5 Å². The lowest BCUT2D eigenvalue weighted by Gasteiger charge is -2.29. The van der Waals surface area contributed by atoms with Crippen molar-refractivity contribution in [1.82, 2.24) is 10.6 Å². The number of hydrogen-bond acceptors (Lipinski definition) is 4. The summed E-state index contributed by atoms with van der Waals surface area (Å²) in [7, 11) is 1.64. The van der Waals surface area contributed by atoms with Gasteiger partial charge in [-0.05, 0) is 49.6 Å². The van der Waals surface area contributed by atoms with Crippen LogP contribution in [0.25, 0.3) is 0 Å². The number of fused-ring (bicyclic) bond motifs is 1. The number of carbonyl (C=O) groups excluding carboxylic acids is 1. The van der Waals surface area contributed by atoms with Crippen LogP contribution >= 0.6 is 0 Å². The maximum Gasteiger partial charge on any atom is 0.227 e. The first kappa shape index (κ1) is 14.2. The number of rotatable bonds is 3. The average Bonchev–Trinajstić information content (AvgIpc) is 2.54. The highest BCUT2D eigenvalue weighted by Gasteiger charge is 2.28. The molecular weight excluding hydrogens is 268 g/mol. The Kier molecular flexibility index (Phi) is 4.29. The predicted molar refractivity (Wildman–Crippen MR) is 79.7 cm³/mol. The largest absolute Gasteiger partial charge is 0.497 e. The number of amides is 1. The monoisotopic (exact) mass is 290 g/mol. The molecule has 2 heterocycles. The molecule has 3 rings (SSSR count). The smallest absolute Gasteiger partial charge is 0.227 e. The Morgan fingerprint density at radius 2 is 2.38 bits per heavy atom. The highest BCUT2D eigenvalue weighted by Crippen LogP contribution is 2.30. The summed E-state index contributed by atoms with van der Waals surface area (Å²) in [4.78, 5) is 12.4. The second kappa shape index (κ2) is 6.35. The number of carbonyl (C=O) groups is 1. The van der Waals surface area contributed by atoms with Gasteiger partial charge in [0.15, 0.2) is 0 Å². The first-order valence-electron chi connectivity index (χ1n) is 7.57. The van der Waals surface area contributed by atoms with Crippen LogP contribution in [0.15, 0.2) is 18.2 Å². The zero-order chi connectivity index (χ0) is 14.7. The second-order valence-corrected chi connectivity index (χ2v) is 5.74. The van der Waals surface area contributed by atoms with Crippen LogP contribution in [0, 0.1) is 5.92 Å². The first-order chi connectivity index (χ1) is 10.3. The lowest BCUT2D eigenvalue weighted by molar-refractivity contribution is -0.127. The fourth-order valence-corrected chi connectivity index (χ4v) is 2.96. The molecule has 0 radical (unpaired) electrons. The molecule has 0 saturated carbocycles. The van der Waals surface area contributed by atoms with Gasteiger partial charge in [-0.15, -0.1) is 0 Å². The molecule has 2 unspecified atom stereocenters. The van der Waals surface area contributed by atoms with Crippen molar-refractivity contribution in [2.45, 2.75) is 25.3 Å². The van der Waals surface area contributed by atoms with Crippen LogP contribution in [0.5, 0.6) is 11.5 Å². The molecule has 2 atom stereocenters. The van der Waals surface area contributed by atoms with E-state index in [1.54, 1.807) is 7.11 Å². The Balaban J connectivity index is 1.63. The molecule has 0 bridgehead atoms. The molecular formula is C16H22N2O3. The zero-order valence-corrected chi connectivity index (χ0v) is 12.4. The van der Waals surface area contributed by atoms with Gasteiger partial charge in [-0.3, -0.25) is 4.79 Å². The Morgan fingerprint density at radius 3 is 3.14 bits per heavy atom. The molecule has 1 saturated heterocycles. The lowest BCUT2D eigenvalue weighted by Crippen LogP contribution is -2.49. The van der Waals surface area contributed by atoms with Crippen LogP contribution in [0.2, 0.25) is 0 Å². The van der Waals surface area contributed by atoms with Gasteiger partial charge in [0.25, 0.3) is 0 Å². The molecule has 0 aromatic heterocycles. The van der Waals surface area contributed by atoms with Gasteiger partial charge < -0.3 is 20.1 Å². The van der Waals surface area contributed by atoms with Crippen LogP contribution in [-0.4, -0.2) is 38.8 Å². The van der Waals surface area contributed by atoms with E-state index in [0.29, 0.717) is 13.0 Å². The Morgan fingerprint density at radius 1 is 1.48 bits per heavy atom. The normalized spacial score (nSPS) is 24.6. The molecule has 1 aromatic rings. The predicted octanol–water partition coefficient (Wildman–Crippen LogP) is 1.11. The van der Waals surface area contributed by atoms with E-state index in [2.05, 4.69) is 10.6 Å². The van der Waals surface area contributed by atoms with E-state index < -0.39 is 0 Å². The summed E-state index contributed by atoms with van der Waals surface area (Å²) in [5, 5.41) is 6.45. The van der Waals surface area contributed by atoms with E-state index in [1.165, 1.54) is 0 Å². The Bertz CT molecular complexity index is 512. The van der Waals surface area contributed by atoms with Crippen molar-refractivity contribution in [2.75, 3.05) is 26.8 Å². The minimum Gasteiger partial charge on any atom is -0.497 e. The summed E-state index contributed by atoms with van der Waals surface area (Å²) in [5.41, 5.74) is 1.04. The molecule has 2 N–H and O–H groups in total. The van der Waals surface area contributed by atoms with Crippen LogP contribution < -0.4 is 20.1 Å². The highest BCUT2D eigenvalue weighted by molar-refractivity contribution is 5.80. The third kappa shape index (κ3) is 3.29. The second-order valence-electron chi connectivity index (χ2n) is 5.74. The van der Waals surface area contributed by atoms with Gasteiger partial charge in [0.05, 0.1) is 13.0 Å². The number of hydrogen-bond donors (Lipinski definition) is 2. The molecule has 1 fully saturated rings. The molecule has 114 valence electrons. The van der Waals surface area contributed by atoms with E-state index in [4.69, 9.17) is 9.47 Å². The van der Waals surface area contributed by atoms with Crippen LogP contribution in [0.4, 0.5) is 0 Å². The van der Waals surface area contributed by atoms with Crippen molar-refractivity contribution in [1.29, 1.82) is 0 Å². The van der Waals surface area contributed by atoms with Crippen molar-refractivity contribution < 1.29 is 14.3 Å². The van der Waals surface area contributed by atoms with Crippen LogP contribution in [0.1, 0.15) is 18.4 Å².